The van der Waals surface area contributed by atoms with Crippen LogP contribution in [-0.2, 0) is 19.5 Å². The number of thiazole rings is 1. The quantitative estimate of drug-likeness (QED) is 0.857. The first-order valence-electron chi connectivity index (χ1n) is 5.87. The van der Waals surface area contributed by atoms with Crippen molar-refractivity contribution in [2.45, 2.75) is 32.9 Å². The average molecular weight is 267 g/mol. The summed E-state index contributed by atoms with van der Waals surface area (Å²) in [7, 11) is 2.00. The maximum atomic E-state index is 5.59. The van der Waals surface area contributed by atoms with Crippen molar-refractivity contribution in [3.8, 4) is 0 Å². The maximum absolute atomic E-state index is 5.59. The van der Waals surface area contributed by atoms with Gasteiger partial charge in [-0.1, -0.05) is 12.1 Å². The molecule has 0 saturated heterocycles. The summed E-state index contributed by atoms with van der Waals surface area (Å²) in [6.45, 7) is 3.51. The van der Waals surface area contributed by atoms with Gasteiger partial charge in [0.1, 0.15) is 0 Å². The van der Waals surface area contributed by atoms with Gasteiger partial charge in [-0.25, -0.2) is 4.98 Å². The van der Waals surface area contributed by atoms with Gasteiger partial charge in [0.15, 0.2) is 11.0 Å². The van der Waals surface area contributed by atoms with Crippen molar-refractivity contribution in [2.24, 2.45) is 0 Å². The predicted molar refractivity (Wildman–Crippen MR) is 70.0 cm³/mol. The molecular formula is C11H17N5OS. The average Bonchev–Trinajstić information content (AvgIpc) is 2.89. The lowest BCUT2D eigenvalue weighted by Crippen LogP contribution is -2.16. The lowest BCUT2D eigenvalue weighted by molar-refractivity contribution is 0.261. The standard InChI is InChI=1S/C11H17N5OS/c1-3-4-9-14-10(17-15-9)7-16(2)6-8-5-13-11(12)18-8/h5H,3-4,6-7H2,1-2H3,(H2,12,13). The summed E-state index contributed by atoms with van der Waals surface area (Å²) in [6.07, 6.45) is 3.68. The van der Waals surface area contributed by atoms with Crippen LogP contribution in [0.25, 0.3) is 0 Å². The normalized spacial score (nSPS) is 11.3. The Morgan fingerprint density at radius 3 is 2.94 bits per heavy atom. The summed E-state index contributed by atoms with van der Waals surface area (Å²) in [5.41, 5.74) is 5.59. The highest BCUT2D eigenvalue weighted by Gasteiger charge is 2.10. The Morgan fingerprint density at radius 2 is 2.28 bits per heavy atom. The van der Waals surface area contributed by atoms with Crippen molar-refractivity contribution in [1.82, 2.24) is 20.0 Å². The Labute approximate surface area is 110 Å². The van der Waals surface area contributed by atoms with Crippen LogP contribution in [0.15, 0.2) is 10.7 Å². The molecule has 0 radical (unpaired) electrons. The molecule has 18 heavy (non-hydrogen) atoms. The van der Waals surface area contributed by atoms with Crippen LogP contribution in [0.5, 0.6) is 0 Å². The molecule has 0 aromatic carbocycles. The fourth-order valence-electron chi connectivity index (χ4n) is 1.63. The minimum atomic E-state index is 0.599. The number of aryl methyl sites for hydroxylation is 1. The first kappa shape index (κ1) is 13.0. The van der Waals surface area contributed by atoms with Crippen LogP contribution < -0.4 is 5.73 Å². The summed E-state index contributed by atoms with van der Waals surface area (Å²) in [5, 5.41) is 4.53. The molecule has 98 valence electrons. The highest BCUT2D eigenvalue weighted by Crippen LogP contribution is 2.16. The molecule has 0 aliphatic heterocycles. The van der Waals surface area contributed by atoms with Crippen molar-refractivity contribution in [1.29, 1.82) is 0 Å². The SMILES string of the molecule is CCCc1noc(CN(C)Cc2cnc(N)s2)n1. The van der Waals surface area contributed by atoms with Crippen molar-refractivity contribution in [2.75, 3.05) is 12.8 Å². The number of nitrogens with zero attached hydrogens (tertiary/aromatic N) is 4. The van der Waals surface area contributed by atoms with Gasteiger partial charge in [-0.05, 0) is 13.5 Å². The third-order valence-corrected chi connectivity index (χ3v) is 3.20. The first-order chi connectivity index (χ1) is 8.67. The topological polar surface area (TPSA) is 81.1 Å². The zero-order chi connectivity index (χ0) is 13.0. The van der Waals surface area contributed by atoms with E-state index in [4.69, 9.17) is 10.3 Å². The van der Waals surface area contributed by atoms with Gasteiger partial charge in [-0.15, -0.1) is 11.3 Å². The number of hydrogen-bond donors (Lipinski definition) is 1. The molecule has 2 aromatic rings. The van der Waals surface area contributed by atoms with Crippen LogP contribution in [0.2, 0.25) is 0 Å². The summed E-state index contributed by atoms with van der Waals surface area (Å²) in [4.78, 5) is 11.6. The van der Waals surface area contributed by atoms with Crippen molar-refractivity contribution in [3.63, 3.8) is 0 Å². The largest absolute Gasteiger partial charge is 0.375 e. The molecule has 2 rings (SSSR count). The van der Waals surface area contributed by atoms with Crippen LogP contribution in [0.4, 0.5) is 5.13 Å². The monoisotopic (exact) mass is 267 g/mol. The van der Waals surface area contributed by atoms with Gasteiger partial charge in [-0.3, -0.25) is 4.90 Å². The molecule has 7 heteroatoms. The molecule has 0 saturated carbocycles. The zero-order valence-electron chi connectivity index (χ0n) is 10.6. The second-order valence-electron chi connectivity index (χ2n) is 4.19. The molecule has 6 nitrogen and oxygen atoms in total. The van der Waals surface area contributed by atoms with Crippen LogP contribution in [0, 0.1) is 0 Å². The highest BCUT2D eigenvalue weighted by molar-refractivity contribution is 7.15. The molecule has 0 amide bonds. The molecule has 2 N–H and O–H groups in total. The number of aromatic nitrogens is 3. The van der Waals surface area contributed by atoms with Crippen LogP contribution in [0.3, 0.4) is 0 Å². The Morgan fingerprint density at radius 1 is 1.44 bits per heavy atom. The van der Waals surface area contributed by atoms with Crippen LogP contribution >= 0.6 is 11.3 Å². The van der Waals surface area contributed by atoms with E-state index in [1.165, 1.54) is 11.3 Å². The van der Waals surface area contributed by atoms with Crippen molar-refractivity contribution < 1.29 is 4.52 Å². The molecule has 0 aliphatic rings. The predicted octanol–water partition coefficient (Wildman–Crippen LogP) is 1.69. The second kappa shape index (κ2) is 5.92. The van der Waals surface area contributed by atoms with E-state index in [9.17, 15) is 0 Å². The lowest BCUT2D eigenvalue weighted by atomic mass is 10.3. The van der Waals surface area contributed by atoms with E-state index in [0.29, 0.717) is 17.6 Å². The van der Waals surface area contributed by atoms with E-state index in [2.05, 4.69) is 26.9 Å². The minimum Gasteiger partial charge on any atom is -0.375 e. The third-order valence-electron chi connectivity index (χ3n) is 2.39. The lowest BCUT2D eigenvalue weighted by Gasteiger charge is -2.11. The number of anilines is 1. The fraction of sp³-hybridized carbons (Fsp3) is 0.545. The molecule has 0 aliphatic carbocycles. The Kier molecular flexibility index (Phi) is 4.27. The van der Waals surface area contributed by atoms with Gasteiger partial charge < -0.3 is 10.3 Å². The molecule has 2 aromatic heterocycles. The summed E-state index contributed by atoms with van der Waals surface area (Å²) in [5.74, 6) is 1.43. The van der Waals surface area contributed by atoms with E-state index < -0.39 is 0 Å². The molecular weight excluding hydrogens is 250 g/mol. The Bertz CT molecular complexity index is 495. The van der Waals surface area contributed by atoms with Gasteiger partial charge in [0.2, 0.25) is 5.89 Å². The molecule has 0 atom stereocenters. The second-order valence-corrected chi connectivity index (χ2v) is 5.34. The smallest absolute Gasteiger partial charge is 0.240 e. The van der Waals surface area contributed by atoms with Gasteiger partial charge in [0, 0.05) is 24.0 Å². The molecule has 0 bridgehead atoms. The molecule has 0 unspecified atom stereocenters. The van der Waals surface area contributed by atoms with E-state index in [-0.39, 0.29) is 0 Å². The van der Waals surface area contributed by atoms with Gasteiger partial charge in [0.25, 0.3) is 0 Å². The Balaban J connectivity index is 1.88. The van der Waals surface area contributed by atoms with Gasteiger partial charge in [0.05, 0.1) is 6.54 Å². The number of nitrogens with two attached hydrogens (primary N) is 1. The maximum Gasteiger partial charge on any atom is 0.240 e. The summed E-state index contributed by atoms with van der Waals surface area (Å²) >= 11 is 1.50. The minimum absolute atomic E-state index is 0.599. The molecule has 0 fully saturated rings. The highest BCUT2D eigenvalue weighted by atomic mass is 32.1. The van der Waals surface area contributed by atoms with Crippen LogP contribution in [0.1, 0.15) is 29.9 Å². The van der Waals surface area contributed by atoms with E-state index in [1.54, 1.807) is 6.20 Å². The van der Waals surface area contributed by atoms with Gasteiger partial charge >= 0.3 is 0 Å². The Hall–Kier alpha value is -1.47. The van der Waals surface area contributed by atoms with Crippen molar-refractivity contribution in [3.05, 3.63) is 22.8 Å². The summed E-state index contributed by atoms with van der Waals surface area (Å²) in [6, 6.07) is 0. The van der Waals surface area contributed by atoms with Crippen LogP contribution in [-0.4, -0.2) is 27.1 Å². The van der Waals surface area contributed by atoms with E-state index >= 15 is 0 Å². The first-order valence-corrected chi connectivity index (χ1v) is 6.69. The van der Waals surface area contributed by atoms with Gasteiger partial charge in [-0.2, -0.15) is 4.98 Å². The molecule has 2 heterocycles. The summed E-state index contributed by atoms with van der Waals surface area (Å²) < 4.78 is 5.19. The molecule has 0 spiro atoms. The number of nitrogen functional groups attached to an aromatic ring is 1. The van der Waals surface area contributed by atoms with E-state index in [0.717, 1.165) is 30.1 Å². The number of rotatable bonds is 6. The van der Waals surface area contributed by atoms with E-state index in [1.807, 2.05) is 7.05 Å². The number of hydrogen-bond acceptors (Lipinski definition) is 7. The third kappa shape index (κ3) is 3.51. The zero-order valence-corrected chi connectivity index (χ0v) is 11.4. The van der Waals surface area contributed by atoms with Crippen molar-refractivity contribution >= 4 is 16.5 Å². The fourth-order valence-corrected chi connectivity index (χ4v) is 2.39.